The molecule has 0 radical (unpaired) electrons. The molecule has 1 saturated heterocycles. The van der Waals surface area contributed by atoms with Gasteiger partial charge in [0.15, 0.2) is 0 Å². The zero-order chi connectivity index (χ0) is 18.6. The number of rotatable bonds is 5. The van der Waals surface area contributed by atoms with Gasteiger partial charge in [0.25, 0.3) is 0 Å². The SMILES string of the molecule is O=C(Cc1csc(-c2ccsc2)n1)Nc1cc(F)ccc1N1CCCCC1. The molecule has 27 heavy (non-hydrogen) atoms. The first kappa shape index (κ1) is 18.1. The highest BCUT2D eigenvalue weighted by Gasteiger charge is 2.17. The summed E-state index contributed by atoms with van der Waals surface area (Å²) in [6.45, 7) is 1.87. The van der Waals surface area contributed by atoms with E-state index in [0.29, 0.717) is 5.69 Å². The summed E-state index contributed by atoms with van der Waals surface area (Å²) in [4.78, 5) is 19.3. The first-order valence-corrected chi connectivity index (χ1v) is 10.8. The number of thiazole rings is 1. The number of piperidine rings is 1. The summed E-state index contributed by atoms with van der Waals surface area (Å²) in [5.74, 6) is -0.527. The van der Waals surface area contributed by atoms with Crippen molar-refractivity contribution >= 4 is 40.0 Å². The van der Waals surface area contributed by atoms with Gasteiger partial charge in [-0.05, 0) is 48.9 Å². The molecule has 1 amide bonds. The van der Waals surface area contributed by atoms with E-state index in [1.165, 1.54) is 29.9 Å². The Kier molecular flexibility index (Phi) is 5.50. The Hall–Kier alpha value is -2.25. The number of hydrogen-bond acceptors (Lipinski definition) is 5. The maximum atomic E-state index is 13.8. The van der Waals surface area contributed by atoms with E-state index < -0.39 is 0 Å². The van der Waals surface area contributed by atoms with Crippen LogP contribution in [0.3, 0.4) is 0 Å². The maximum Gasteiger partial charge on any atom is 0.230 e. The standard InChI is InChI=1S/C20H20FN3OS2/c21-15-4-5-18(24-7-2-1-3-8-24)17(10-15)23-19(25)11-16-13-27-20(22-16)14-6-9-26-12-14/h4-6,9-10,12-13H,1-3,7-8,11H2,(H,23,25). The monoisotopic (exact) mass is 401 g/mol. The number of benzene rings is 1. The van der Waals surface area contributed by atoms with E-state index in [9.17, 15) is 9.18 Å². The van der Waals surface area contributed by atoms with Crippen LogP contribution < -0.4 is 10.2 Å². The number of anilines is 2. The number of carbonyl (C=O) groups excluding carboxylic acids is 1. The van der Waals surface area contributed by atoms with Crippen LogP contribution >= 0.6 is 22.7 Å². The lowest BCUT2D eigenvalue weighted by Gasteiger charge is -2.30. The highest BCUT2D eigenvalue weighted by molar-refractivity contribution is 7.14. The summed E-state index contributed by atoms with van der Waals surface area (Å²) < 4.78 is 13.8. The molecule has 4 nitrogen and oxygen atoms in total. The average Bonchev–Trinajstić information content (AvgIpc) is 3.34. The molecule has 0 spiro atoms. The van der Waals surface area contributed by atoms with Gasteiger partial charge in [0.05, 0.1) is 23.5 Å². The second kappa shape index (κ2) is 8.19. The second-order valence-electron chi connectivity index (χ2n) is 6.59. The van der Waals surface area contributed by atoms with Crippen molar-refractivity contribution in [2.45, 2.75) is 25.7 Å². The van der Waals surface area contributed by atoms with Crippen molar-refractivity contribution in [3.05, 3.63) is 51.9 Å². The predicted molar refractivity (Wildman–Crippen MR) is 110 cm³/mol. The smallest absolute Gasteiger partial charge is 0.230 e. The van der Waals surface area contributed by atoms with E-state index in [1.54, 1.807) is 17.4 Å². The molecular weight excluding hydrogens is 381 g/mol. The number of aromatic nitrogens is 1. The molecule has 4 rings (SSSR count). The predicted octanol–water partition coefficient (Wildman–Crippen LogP) is 5.18. The van der Waals surface area contributed by atoms with Crippen molar-refractivity contribution in [3.8, 4) is 10.6 Å². The Morgan fingerprint density at radius 1 is 1.19 bits per heavy atom. The Labute approximate surface area is 165 Å². The summed E-state index contributed by atoms with van der Waals surface area (Å²) in [7, 11) is 0. The highest BCUT2D eigenvalue weighted by atomic mass is 32.1. The van der Waals surface area contributed by atoms with Gasteiger partial charge in [0, 0.05) is 29.4 Å². The van der Waals surface area contributed by atoms with Crippen LogP contribution in [0.2, 0.25) is 0 Å². The van der Waals surface area contributed by atoms with Crippen molar-refractivity contribution in [3.63, 3.8) is 0 Å². The van der Waals surface area contributed by atoms with Crippen molar-refractivity contribution in [2.75, 3.05) is 23.3 Å². The lowest BCUT2D eigenvalue weighted by atomic mass is 10.1. The summed E-state index contributed by atoms with van der Waals surface area (Å²) in [6.07, 6.45) is 3.64. The molecule has 0 atom stereocenters. The molecule has 0 saturated carbocycles. The Morgan fingerprint density at radius 2 is 2.04 bits per heavy atom. The fourth-order valence-electron chi connectivity index (χ4n) is 3.28. The molecule has 140 valence electrons. The molecule has 1 aliphatic heterocycles. The summed E-state index contributed by atoms with van der Waals surface area (Å²) >= 11 is 3.15. The minimum absolute atomic E-state index is 0.177. The number of hydrogen-bond donors (Lipinski definition) is 1. The van der Waals surface area contributed by atoms with Gasteiger partial charge in [-0.3, -0.25) is 4.79 Å². The summed E-state index contributed by atoms with van der Waals surface area (Å²) in [5.41, 5.74) is 3.24. The molecule has 1 aromatic carbocycles. The number of nitrogens with one attached hydrogen (secondary N) is 1. The Bertz CT molecular complexity index is 917. The fraction of sp³-hybridized carbons (Fsp3) is 0.300. The fourth-order valence-corrected chi connectivity index (χ4v) is 4.82. The van der Waals surface area contributed by atoms with Gasteiger partial charge in [-0.1, -0.05) is 0 Å². The maximum absolute atomic E-state index is 13.8. The van der Waals surface area contributed by atoms with Gasteiger partial charge in [-0.25, -0.2) is 9.37 Å². The number of amides is 1. The van der Waals surface area contributed by atoms with Crippen molar-refractivity contribution in [2.24, 2.45) is 0 Å². The molecule has 3 aromatic rings. The number of nitrogens with zero attached hydrogens (tertiary/aromatic N) is 2. The van der Waals surface area contributed by atoms with Gasteiger partial charge < -0.3 is 10.2 Å². The van der Waals surface area contributed by atoms with Crippen molar-refractivity contribution in [1.82, 2.24) is 4.98 Å². The van der Waals surface area contributed by atoms with Crippen LogP contribution in [-0.2, 0) is 11.2 Å². The number of thiophene rings is 1. The van der Waals surface area contributed by atoms with Crippen LogP contribution in [0.15, 0.2) is 40.4 Å². The van der Waals surface area contributed by atoms with E-state index >= 15 is 0 Å². The molecule has 7 heteroatoms. The van der Waals surface area contributed by atoms with E-state index in [4.69, 9.17) is 0 Å². The van der Waals surface area contributed by atoms with E-state index in [-0.39, 0.29) is 18.1 Å². The third-order valence-electron chi connectivity index (χ3n) is 4.59. The largest absolute Gasteiger partial charge is 0.370 e. The lowest BCUT2D eigenvalue weighted by Crippen LogP contribution is -2.30. The van der Waals surface area contributed by atoms with Gasteiger partial charge >= 0.3 is 0 Å². The Morgan fingerprint density at radius 3 is 2.81 bits per heavy atom. The molecular formula is C20H20FN3OS2. The molecule has 0 aliphatic carbocycles. The molecule has 2 aromatic heterocycles. The van der Waals surface area contributed by atoms with Crippen LogP contribution in [0.5, 0.6) is 0 Å². The van der Waals surface area contributed by atoms with Crippen LogP contribution in [0.1, 0.15) is 25.0 Å². The lowest BCUT2D eigenvalue weighted by molar-refractivity contribution is -0.115. The van der Waals surface area contributed by atoms with Crippen molar-refractivity contribution < 1.29 is 9.18 Å². The second-order valence-corrected chi connectivity index (χ2v) is 8.23. The average molecular weight is 402 g/mol. The zero-order valence-corrected chi connectivity index (χ0v) is 16.4. The first-order valence-electron chi connectivity index (χ1n) is 9.00. The molecule has 0 bridgehead atoms. The zero-order valence-electron chi connectivity index (χ0n) is 14.8. The van der Waals surface area contributed by atoms with Crippen LogP contribution in [0.4, 0.5) is 15.8 Å². The summed E-state index contributed by atoms with van der Waals surface area (Å²) in [6, 6.07) is 6.63. The van der Waals surface area contributed by atoms with Gasteiger partial charge in [-0.15, -0.1) is 11.3 Å². The molecule has 1 N–H and O–H groups in total. The first-order chi connectivity index (χ1) is 13.2. The molecule has 1 fully saturated rings. The van der Waals surface area contributed by atoms with Gasteiger partial charge in [-0.2, -0.15) is 11.3 Å². The van der Waals surface area contributed by atoms with Gasteiger partial charge in [0.2, 0.25) is 5.91 Å². The summed E-state index contributed by atoms with van der Waals surface area (Å²) in [5, 5.41) is 9.76. The highest BCUT2D eigenvalue weighted by Crippen LogP contribution is 2.30. The van der Waals surface area contributed by atoms with Crippen LogP contribution in [-0.4, -0.2) is 24.0 Å². The minimum Gasteiger partial charge on any atom is -0.370 e. The quantitative estimate of drug-likeness (QED) is 0.640. The van der Waals surface area contributed by atoms with Crippen LogP contribution in [0, 0.1) is 5.82 Å². The van der Waals surface area contributed by atoms with Gasteiger partial charge in [0.1, 0.15) is 10.8 Å². The normalized spacial score (nSPS) is 14.3. The Balaban J connectivity index is 1.47. The van der Waals surface area contributed by atoms with E-state index in [1.807, 2.05) is 22.2 Å². The van der Waals surface area contributed by atoms with E-state index in [2.05, 4.69) is 15.2 Å². The van der Waals surface area contributed by atoms with Crippen LogP contribution in [0.25, 0.3) is 10.6 Å². The van der Waals surface area contributed by atoms with E-state index in [0.717, 1.165) is 47.9 Å². The molecule has 0 unspecified atom stereocenters. The third kappa shape index (κ3) is 4.36. The topological polar surface area (TPSA) is 45.2 Å². The molecule has 1 aliphatic rings. The number of carbonyl (C=O) groups is 1. The molecule has 3 heterocycles. The third-order valence-corrected chi connectivity index (χ3v) is 6.21. The number of halogens is 1. The minimum atomic E-state index is -0.348. The van der Waals surface area contributed by atoms with Crippen molar-refractivity contribution in [1.29, 1.82) is 0 Å².